The van der Waals surface area contributed by atoms with E-state index in [0.29, 0.717) is 6.61 Å². The highest BCUT2D eigenvalue weighted by Gasteiger charge is 2.05. The second-order valence-electron chi connectivity index (χ2n) is 2.28. The minimum absolute atomic E-state index is 0.475. The van der Waals surface area contributed by atoms with E-state index in [9.17, 15) is 0 Å². The monoisotopic (exact) mass is 173 g/mol. The maximum atomic E-state index is 9.11. The predicted octanol–water partition coefficient (Wildman–Crippen LogP) is 1.34. The first kappa shape index (κ1) is 8.64. The molecule has 1 aromatic heterocycles. The molecule has 0 radical (unpaired) electrons. The molecule has 1 atom stereocenters. The Morgan fingerprint density at radius 2 is 2.55 bits per heavy atom. The van der Waals surface area contributed by atoms with E-state index in [4.69, 9.17) is 9.84 Å². The lowest BCUT2D eigenvalue weighted by molar-refractivity contribution is 0.180. The van der Waals surface area contributed by atoms with Crippen molar-refractivity contribution < 1.29 is 9.84 Å². The van der Waals surface area contributed by atoms with Gasteiger partial charge in [0.25, 0.3) is 0 Å². The van der Waals surface area contributed by atoms with Crippen LogP contribution in [0.3, 0.4) is 0 Å². The van der Waals surface area contributed by atoms with Crippen molar-refractivity contribution in [1.82, 2.24) is 4.98 Å². The fraction of sp³-hybridized carbons (Fsp3) is 0.571. The molecule has 0 aromatic carbocycles. The van der Waals surface area contributed by atoms with Gasteiger partial charge < -0.3 is 9.84 Å². The predicted molar refractivity (Wildman–Crippen MR) is 43.5 cm³/mol. The molecule has 0 unspecified atom stereocenters. The molecule has 11 heavy (non-hydrogen) atoms. The Morgan fingerprint density at radius 3 is 3.00 bits per heavy atom. The van der Waals surface area contributed by atoms with Crippen molar-refractivity contribution in [2.24, 2.45) is 0 Å². The second-order valence-corrected chi connectivity index (χ2v) is 3.22. The topological polar surface area (TPSA) is 42.4 Å². The summed E-state index contributed by atoms with van der Waals surface area (Å²) < 4.78 is 4.89. The van der Waals surface area contributed by atoms with Crippen molar-refractivity contribution >= 4 is 11.3 Å². The number of ether oxygens (including phenoxy) is 1. The molecule has 1 rings (SSSR count). The van der Waals surface area contributed by atoms with Gasteiger partial charge in [0.15, 0.2) is 0 Å². The number of thiazole rings is 1. The minimum atomic E-state index is -0.475. The van der Waals surface area contributed by atoms with E-state index in [1.54, 1.807) is 14.0 Å². The van der Waals surface area contributed by atoms with Crippen molar-refractivity contribution in [2.45, 2.75) is 19.6 Å². The van der Waals surface area contributed by atoms with Gasteiger partial charge in [-0.2, -0.15) is 0 Å². The average Bonchev–Trinajstić information content (AvgIpc) is 2.37. The van der Waals surface area contributed by atoms with Crippen molar-refractivity contribution in [3.8, 4) is 0 Å². The van der Waals surface area contributed by atoms with Gasteiger partial charge in [-0.3, -0.25) is 0 Å². The Morgan fingerprint density at radius 1 is 1.82 bits per heavy atom. The molecule has 0 aliphatic heterocycles. The molecule has 0 aliphatic rings. The average molecular weight is 173 g/mol. The van der Waals surface area contributed by atoms with Gasteiger partial charge in [-0.05, 0) is 6.92 Å². The Balaban J connectivity index is 2.66. The van der Waals surface area contributed by atoms with Crippen LogP contribution in [0.4, 0.5) is 0 Å². The van der Waals surface area contributed by atoms with Crippen LogP contribution in [-0.2, 0) is 11.3 Å². The Hall–Kier alpha value is -0.450. The van der Waals surface area contributed by atoms with E-state index in [0.717, 1.165) is 10.7 Å². The fourth-order valence-electron chi connectivity index (χ4n) is 0.707. The third kappa shape index (κ3) is 2.25. The smallest absolute Gasteiger partial charge is 0.119 e. The van der Waals surface area contributed by atoms with E-state index >= 15 is 0 Å². The number of hydrogen-bond donors (Lipinski definition) is 1. The zero-order valence-electron chi connectivity index (χ0n) is 6.57. The summed E-state index contributed by atoms with van der Waals surface area (Å²) in [6, 6.07) is 0. The van der Waals surface area contributed by atoms with Gasteiger partial charge in [0.05, 0.1) is 18.4 Å². The summed E-state index contributed by atoms with van der Waals surface area (Å²) in [5, 5.41) is 11.9. The van der Waals surface area contributed by atoms with E-state index in [-0.39, 0.29) is 0 Å². The molecular weight excluding hydrogens is 162 g/mol. The summed E-state index contributed by atoms with van der Waals surface area (Å²) in [5.74, 6) is 0. The van der Waals surface area contributed by atoms with Gasteiger partial charge >= 0.3 is 0 Å². The standard InChI is InChI=1S/C7H11NO2S/c1-5(9)6-4-11-7(8-6)3-10-2/h4-5,9H,3H2,1-2H3/t5-/m1/s1. The quantitative estimate of drug-likeness (QED) is 0.750. The summed E-state index contributed by atoms with van der Waals surface area (Å²) in [6.07, 6.45) is -0.475. The highest BCUT2D eigenvalue weighted by atomic mass is 32.1. The van der Waals surface area contributed by atoms with Crippen LogP contribution in [0.5, 0.6) is 0 Å². The van der Waals surface area contributed by atoms with Gasteiger partial charge in [-0.15, -0.1) is 11.3 Å². The van der Waals surface area contributed by atoms with Crippen LogP contribution >= 0.6 is 11.3 Å². The van der Waals surface area contributed by atoms with Crippen LogP contribution in [0.2, 0.25) is 0 Å². The van der Waals surface area contributed by atoms with Crippen LogP contribution in [-0.4, -0.2) is 17.2 Å². The molecule has 0 fully saturated rings. The molecule has 0 spiro atoms. The largest absolute Gasteiger partial charge is 0.387 e. The summed E-state index contributed by atoms with van der Waals surface area (Å²) in [5.41, 5.74) is 0.724. The lowest BCUT2D eigenvalue weighted by atomic mass is 10.3. The zero-order valence-corrected chi connectivity index (χ0v) is 7.39. The first-order valence-electron chi connectivity index (χ1n) is 3.35. The normalized spacial score (nSPS) is 13.4. The zero-order chi connectivity index (χ0) is 8.27. The second kappa shape index (κ2) is 3.80. The minimum Gasteiger partial charge on any atom is -0.387 e. The maximum Gasteiger partial charge on any atom is 0.119 e. The van der Waals surface area contributed by atoms with Crippen molar-refractivity contribution in [2.75, 3.05) is 7.11 Å². The summed E-state index contributed by atoms with van der Waals surface area (Å²) >= 11 is 1.51. The van der Waals surface area contributed by atoms with Crippen LogP contribution in [0.25, 0.3) is 0 Å². The third-order valence-electron chi connectivity index (χ3n) is 1.27. The van der Waals surface area contributed by atoms with Crippen molar-refractivity contribution in [3.05, 3.63) is 16.1 Å². The van der Waals surface area contributed by atoms with E-state index in [2.05, 4.69) is 4.98 Å². The lowest BCUT2D eigenvalue weighted by Gasteiger charge is -1.96. The van der Waals surface area contributed by atoms with Crippen LogP contribution in [0.15, 0.2) is 5.38 Å². The molecule has 3 nitrogen and oxygen atoms in total. The maximum absolute atomic E-state index is 9.11. The third-order valence-corrected chi connectivity index (χ3v) is 2.11. The molecule has 0 saturated carbocycles. The van der Waals surface area contributed by atoms with Crippen molar-refractivity contribution in [3.63, 3.8) is 0 Å². The number of methoxy groups -OCH3 is 1. The molecule has 0 aliphatic carbocycles. The van der Waals surface area contributed by atoms with Crippen LogP contribution in [0, 0.1) is 0 Å². The summed E-state index contributed by atoms with van der Waals surface area (Å²) in [7, 11) is 1.63. The first-order valence-corrected chi connectivity index (χ1v) is 4.23. The van der Waals surface area contributed by atoms with Gasteiger partial charge in [0.2, 0.25) is 0 Å². The molecule has 4 heteroatoms. The van der Waals surface area contributed by atoms with E-state index in [1.165, 1.54) is 11.3 Å². The SMILES string of the molecule is COCc1nc([C@@H](C)O)cs1. The van der Waals surface area contributed by atoms with Gasteiger partial charge in [0, 0.05) is 12.5 Å². The number of aliphatic hydroxyl groups excluding tert-OH is 1. The molecule has 1 N–H and O–H groups in total. The summed E-state index contributed by atoms with van der Waals surface area (Å²) in [4.78, 5) is 4.14. The molecular formula is C7H11NO2S. The molecule has 0 bridgehead atoms. The highest BCUT2D eigenvalue weighted by Crippen LogP contribution is 2.16. The number of aliphatic hydroxyl groups is 1. The van der Waals surface area contributed by atoms with Crippen LogP contribution < -0.4 is 0 Å². The highest BCUT2D eigenvalue weighted by molar-refractivity contribution is 7.09. The van der Waals surface area contributed by atoms with Gasteiger partial charge in [-0.25, -0.2) is 4.98 Å². The fourth-order valence-corrected chi connectivity index (χ4v) is 1.56. The van der Waals surface area contributed by atoms with Crippen LogP contribution in [0.1, 0.15) is 23.7 Å². The Labute approximate surface area is 69.7 Å². The lowest BCUT2D eigenvalue weighted by Crippen LogP contribution is -1.92. The molecule has 1 heterocycles. The number of nitrogens with zero attached hydrogens (tertiary/aromatic N) is 1. The molecule has 1 aromatic rings. The van der Waals surface area contributed by atoms with E-state index in [1.807, 2.05) is 5.38 Å². The van der Waals surface area contributed by atoms with Gasteiger partial charge in [-0.1, -0.05) is 0 Å². The van der Waals surface area contributed by atoms with Crippen molar-refractivity contribution in [1.29, 1.82) is 0 Å². The first-order chi connectivity index (χ1) is 5.24. The van der Waals surface area contributed by atoms with E-state index < -0.39 is 6.10 Å². The summed E-state index contributed by atoms with van der Waals surface area (Å²) in [6.45, 7) is 2.23. The molecule has 0 saturated heterocycles. The Bertz CT molecular complexity index is 222. The molecule has 62 valence electrons. The number of hydrogen-bond acceptors (Lipinski definition) is 4. The number of rotatable bonds is 3. The Kier molecular flexibility index (Phi) is 2.99. The number of aromatic nitrogens is 1. The molecule has 0 amide bonds. The van der Waals surface area contributed by atoms with Gasteiger partial charge in [0.1, 0.15) is 5.01 Å².